The summed E-state index contributed by atoms with van der Waals surface area (Å²) >= 11 is 0. The zero-order valence-electron chi connectivity index (χ0n) is 22.4. The number of para-hydroxylation sites is 2. The van der Waals surface area contributed by atoms with Gasteiger partial charge in [0.05, 0.1) is 17.4 Å². The third-order valence-electron chi connectivity index (χ3n) is 7.55. The van der Waals surface area contributed by atoms with E-state index in [1.54, 1.807) is 4.90 Å². The number of benzene rings is 3. The van der Waals surface area contributed by atoms with Crippen molar-refractivity contribution in [2.75, 3.05) is 28.2 Å². The van der Waals surface area contributed by atoms with Crippen LogP contribution in [0.5, 0.6) is 0 Å². The van der Waals surface area contributed by atoms with E-state index >= 15 is 0 Å². The maximum atomic E-state index is 14.2. The number of allylic oxidation sites excluding steroid dienone is 1. The average Bonchev–Trinajstić information content (AvgIpc) is 3.03. The fourth-order valence-electron chi connectivity index (χ4n) is 5.71. The Morgan fingerprint density at radius 1 is 0.974 bits per heavy atom. The van der Waals surface area contributed by atoms with Crippen molar-refractivity contribution in [2.24, 2.45) is 5.41 Å². The Bertz CT molecular complexity index is 1390. The fraction of sp³-hybridized carbons (Fsp3) is 0.312. The molecule has 196 valence electrons. The largest absolute Gasteiger partial charge is 0.372 e. The van der Waals surface area contributed by atoms with Gasteiger partial charge in [-0.3, -0.25) is 14.5 Å². The Morgan fingerprint density at radius 3 is 2.29 bits per heavy atom. The van der Waals surface area contributed by atoms with Crippen molar-refractivity contribution in [2.45, 2.75) is 46.6 Å². The number of hydrogen-bond donors (Lipinski definition) is 1. The van der Waals surface area contributed by atoms with E-state index in [0.717, 1.165) is 35.7 Å². The van der Waals surface area contributed by atoms with Crippen LogP contribution in [0.25, 0.3) is 0 Å². The lowest BCUT2D eigenvalue weighted by atomic mass is 9.73. The maximum absolute atomic E-state index is 14.2. The number of nitrogens with one attached hydrogen (secondary N) is 1. The summed E-state index contributed by atoms with van der Waals surface area (Å²) in [6.45, 7) is 10.2. The van der Waals surface area contributed by atoms with Crippen LogP contribution >= 0.6 is 0 Å². The van der Waals surface area contributed by atoms with Gasteiger partial charge >= 0.3 is 0 Å². The van der Waals surface area contributed by atoms with E-state index in [4.69, 9.17) is 0 Å². The van der Waals surface area contributed by atoms with Crippen LogP contribution < -0.4 is 15.1 Å². The van der Waals surface area contributed by atoms with Gasteiger partial charge in [0.15, 0.2) is 5.78 Å². The van der Waals surface area contributed by atoms with E-state index < -0.39 is 11.9 Å². The number of nitrogens with zero attached hydrogens (tertiary/aromatic N) is 2. The van der Waals surface area contributed by atoms with Crippen molar-refractivity contribution in [3.63, 3.8) is 0 Å². The molecule has 0 saturated carbocycles. The Morgan fingerprint density at radius 2 is 1.63 bits per heavy atom. The molecule has 1 atom stereocenters. The van der Waals surface area contributed by atoms with Crippen molar-refractivity contribution in [1.82, 2.24) is 0 Å². The van der Waals surface area contributed by atoms with E-state index in [1.165, 1.54) is 24.3 Å². The SMILES string of the molecule is CCN(CC)c1ccc(C2C3=C(CC(C)(C)CC3=O)Nc3ccccc3N2C(=O)c2ccc(F)cc2)cc1. The predicted octanol–water partition coefficient (Wildman–Crippen LogP) is 7.13. The van der Waals surface area contributed by atoms with Crippen LogP contribution in [0.1, 0.15) is 62.5 Å². The Hall–Kier alpha value is -3.93. The number of ketones is 1. The monoisotopic (exact) mass is 511 g/mol. The lowest BCUT2D eigenvalue weighted by Gasteiger charge is -2.37. The summed E-state index contributed by atoms with van der Waals surface area (Å²) in [5.74, 6) is -0.660. The second-order valence-corrected chi connectivity index (χ2v) is 10.8. The molecule has 1 unspecified atom stereocenters. The summed E-state index contributed by atoms with van der Waals surface area (Å²) in [4.78, 5) is 32.0. The van der Waals surface area contributed by atoms with Gasteiger partial charge in [0.2, 0.25) is 0 Å². The molecule has 5 rings (SSSR count). The summed E-state index contributed by atoms with van der Waals surface area (Å²) in [6.07, 6.45) is 1.09. The molecule has 0 bridgehead atoms. The summed E-state index contributed by atoms with van der Waals surface area (Å²) < 4.78 is 13.8. The third kappa shape index (κ3) is 4.71. The predicted molar refractivity (Wildman–Crippen MR) is 151 cm³/mol. The van der Waals surface area contributed by atoms with E-state index in [9.17, 15) is 14.0 Å². The molecule has 0 spiro atoms. The number of hydrogen-bond acceptors (Lipinski definition) is 4. The minimum absolute atomic E-state index is 0.0336. The molecule has 0 fully saturated rings. The summed E-state index contributed by atoms with van der Waals surface area (Å²) in [5.41, 5.74) is 5.02. The van der Waals surface area contributed by atoms with Crippen molar-refractivity contribution >= 4 is 28.8 Å². The highest BCUT2D eigenvalue weighted by molar-refractivity contribution is 6.12. The number of halogens is 1. The molecule has 1 heterocycles. The topological polar surface area (TPSA) is 52.7 Å². The van der Waals surface area contributed by atoms with E-state index in [-0.39, 0.29) is 17.1 Å². The Kier molecular flexibility index (Phi) is 6.82. The molecule has 2 aliphatic rings. The molecule has 6 heteroatoms. The van der Waals surface area contributed by atoms with Crippen LogP contribution in [-0.4, -0.2) is 24.8 Å². The van der Waals surface area contributed by atoms with Crippen molar-refractivity contribution in [3.05, 3.63) is 101 Å². The van der Waals surface area contributed by atoms with Crippen LogP contribution in [-0.2, 0) is 4.79 Å². The van der Waals surface area contributed by atoms with Gasteiger partial charge in [-0.15, -0.1) is 0 Å². The van der Waals surface area contributed by atoms with Crippen LogP contribution in [0, 0.1) is 11.2 Å². The second-order valence-electron chi connectivity index (χ2n) is 10.8. The number of rotatable bonds is 5. The molecule has 3 aromatic carbocycles. The number of amides is 1. The van der Waals surface area contributed by atoms with Crippen molar-refractivity contribution in [3.8, 4) is 0 Å². The molecule has 1 aliphatic carbocycles. The van der Waals surface area contributed by atoms with Crippen molar-refractivity contribution in [1.29, 1.82) is 0 Å². The van der Waals surface area contributed by atoms with Gasteiger partial charge in [0.25, 0.3) is 5.91 Å². The normalized spacial score (nSPS) is 18.3. The Labute approximate surface area is 224 Å². The molecule has 0 radical (unpaired) electrons. The van der Waals surface area contributed by atoms with E-state index in [1.807, 2.05) is 36.4 Å². The smallest absolute Gasteiger partial charge is 0.259 e. The number of carbonyl (C=O) groups excluding carboxylic acids is 2. The molecule has 38 heavy (non-hydrogen) atoms. The summed E-state index contributed by atoms with van der Waals surface area (Å²) in [6, 6.07) is 20.8. The standard InChI is InChI=1S/C32H34FN3O2/c1-5-35(6-2)24-17-13-21(14-18-24)30-29-26(19-32(3,4)20-28(29)37)34-25-9-7-8-10-27(25)36(30)31(38)22-11-15-23(33)16-12-22/h7-18,30,34H,5-6,19-20H2,1-4H3. The quantitative estimate of drug-likeness (QED) is 0.396. The average molecular weight is 512 g/mol. The van der Waals surface area contributed by atoms with Gasteiger partial charge in [0, 0.05) is 42.0 Å². The van der Waals surface area contributed by atoms with Crippen LogP contribution in [0.4, 0.5) is 21.5 Å². The summed E-state index contributed by atoms with van der Waals surface area (Å²) in [5, 5.41) is 3.54. The molecule has 5 nitrogen and oxygen atoms in total. The van der Waals surface area contributed by atoms with Gasteiger partial charge in [-0.2, -0.15) is 0 Å². The minimum Gasteiger partial charge on any atom is -0.372 e. The van der Waals surface area contributed by atoms with E-state index in [2.05, 4.69) is 50.0 Å². The highest BCUT2D eigenvalue weighted by atomic mass is 19.1. The number of carbonyl (C=O) groups is 2. The second kappa shape index (κ2) is 10.1. The van der Waals surface area contributed by atoms with Gasteiger partial charge in [-0.25, -0.2) is 4.39 Å². The van der Waals surface area contributed by atoms with Crippen LogP contribution in [0.3, 0.4) is 0 Å². The first-order valence-electron chi connectivity index (χ1n) is 13.3. The molecule has 3 aromatic rings. The number of anilines is 3. The van der Waals surface area contributed by atoms with Crippen LogP contribution in [0.2, 0.25) is 0 Å². The maximum Gasteiger partial charge on any atom is 0.259 e. The van der Waals surface area contributed by atoms with E-state index in [0.29, 0.717) is 29.7 Å². The first-order chi connectivity index (χ1) is 18.2. The number of Topliss-reactive ketones (excluding diaryl/α,β-unsaturated/α-hetero) is 1. The lowest BCUT2D eigenvalue weighted by molar-refractivity contribution is -0.118. The Balaban J connectivity index is 1.74. The highest BCUT2D eigenvalue weighted by Crippen LogP contribution is 2.48. The van der Waals surface area contributed by atoms with Gasteiger partial charge in [-0.05, 0) is 79.8 Å². The number of fused-ring (bicyclic) bond motifs is 1. The van der Waals surface area contributed by atoms with Gasteiger partial charge < -0.3 is 10.2 Å². The minimum atomic E-state index is -0.631. The first kappa shape index (κ1) is 25.7. The molecular weight excluding hydrogens is 477 g/mol. The highest BCUT2D eigenvalue weighted by Gasteiger charge is 2.43. The lowest BCUT2D eigenvalue weighted by Crippen LogP contribution is -2.39. The molecule has 1 aliphatic heterocycles. The fourth-order valence-corrected chi connectivity index (χ4v) is 5.71. The third-order valence-corrected chi connectivity index (χ3v) is 7.55. The first-order valence-corrected chi connectivity index (χ1v) is 13.3. The molecular formula is C32H34FN3O2. The van der Waals surface area contributed by atoms with Crippen molar-refractivity contribution < 1.29 is 14.0 Å². The zero-order chi connectivity index (χ0) is 27.0. The molecule has 1 amide bonds. The molecule has 0 aromatic heterocycles. The molecule has 1 N–H and O–H groups in total. The van der Waals surface area contributed by atoms with Crippen LogP contribution in [0.15, 0.2) is 84.1 Å². The van der Waals surface area contributed by atoms with Gasteiger partial charge in [0.1, 0.15) is 5.82 Å². The van der Waals surface area contributed by atoms with Gasteiger partial charge in [-0.1, -0.05) is 38.1 Å². The summed E-state index contributed by atoms with van der Waals surface area (Å²) in [7, 11) is 0. The zero-order valence-corrected chi connectivity index (χ0v) is 22.4. The molecule has 0 saturated heterocycles.